The van der Waals surface area contributed by atoms with Gasteiger partial charge in [0.15, 0.2) is 5.60 Å². The molecule has 0 amide bonds. The summed E-state index contributed by atoms with van der Waals surface area (Å²) < 4.78 is 11.1. The van der Waals surface area contributed by atoms with E-state index in [2.05, 4.69) is 6.92 Å². The van der Waals surface area contributed by atoms with Crippen molar-refractivity contribution in [2.45, 2.75) is 78.7 Å². The Hall–Kier alpha value is -5.24. The minimum Gasteiger partial charge on any atom is -0.508 e. The fourth-order valence-corrected chi connectivity index (χ4v) is 6.91. The van der Waals surface area contributed by atoms with Crippen LogP contribution >= 0.6 is 0 Å². The molecular formula is C46H50O10U. The summed E-state index contributed by atoms with van der Waals surface area (Å²) in [6.07, 6.45) is 0.861. The Balaban J connectivity index is 0.000000296. The summed E-state index contributed by atoms with van der Waals surface area (Å²) in [5, 5.41) is 48.3. The number of carboxylic acid groups (broad SMARTS) is 1. The summed E-state index contributed by atoms with van der Waals surface area (Å²) in [5.41, 5.74) is 6.15. The number of rotatable bonds is 11. The molecule has 1 heterocycles. The van der Waals surface area contributed by atoms with Crippen LogP contribution in [0.5, 0.6) is 23.0 Å². The molecule has 0 saturated heterocycles. The average molecular weight is 1000 g/mol. The van der Waals surface area contributed by atoms with Gasteiger partial charge in [0.25, 0.3) is 0 Å². The molecule has 0 radical (unpaired) electrons. The maximum absolute atomic E-state index is 12.6. The quantitative estimate of drug-likeness (QED) is 0.0636. The van der Waals surface area contributed by atoms with E-state index in [1.807, 2.05) is 62.4 Å². The standard InChI is InChI=1S/C23H28O6.C22H18O4.CH4.U/c1-15-13-17(5-7-19(15)24)23(3,18-6-8-20(25)16(2)14-18)11-4-12-29-22(28)10-9-21(26)27;1-13-11-15(7-9-19(13)23)22(16-8-10-20(24)14(2)12-16)18-6-4-3-5-17(18)21(25)26-22;;/h5-8,13-14,24-25H,4,9-12H2,1-3H3,(H,26,27);3-12,23-24H,1-2H3;1H4;. The van der Waals surface area contributed by atoms with E-state index in [-0.39, 0.29) is 81.0 Å². The molecule has 6 rings (SSSR count). The zero-order valence-electron chi connectivity index (χ0n) is 32.1. The predicted octanol–water partition coefficient (Wildman–Crippen LogP) is 9.02. The Kier molecular flexibility index (Phi) is 15.6. The summed E-state index contributed by atoms with van der Waals surface area (Å²) in [6.45, 7) is 9.56. The Morgan fingerprint density at radius 2 is 1.14 bits per heavy atom. The average Bonchev–Trinajstić information content (AvgIpc) is 3.46. The first-order chi connectivity index (χ1) is 26.1. The first kappa shape index (κ1) is 46.1. The number of hydrogen-bond donors (Lipinski definition) is 5. The Morgan fingerprint density at radius 1 is 0.684 bits per heavy atom. The van der Waals surface area contributed by atoms with Crippen LogP contribution < -0.4 is 0 Å². The summed E-state index contributed by atoms with van der Waals surface area (Å²) >= 11 is 0. The molecule has 0 bridgehead atoms. The largest absolute Gasteiger partial charge is 0.508 e. The minimum atomic E-state index is -1.12. The maximum Gasteiger partial charge on any atom is 0.340 e. The van der Waals surface area contributed by atoms with Crippen molar-refractivity contribution in [1.82, 2.24) is 0 Å². The molecule has 0 saturated carbocycles. The first-order valence-corrected chi connectivity index (χ1v) is 18.0. The Morgan fingerprint density at radius 3 is 1.60 bits per heavy atom. The molecule has 57 heavy (non-hydrogen) atoms. The molecule has 0 aliphatic carbocycles. The molecule has 298 valence electrons. The normalized spacial score (nSPS) is 12.5. The Bertz CT molecular complexity index is 2140. The van der Waals surface area contributed by atoms with Crippen LogP contribution in [0.15, 0.2) is 97.1 Å². The number of esters is 2. The number of carbonyl (C=O) groups excluding carboxylic acids is 2. The van der Waals surface area contributed by atoms with Crippen LogP contribution in [0.2, 0.25) is 0 Å². The third-order valence-electron chi connectivity index (χ3n) is 10.3. The van der Waals surface area contributed by atoms with Crippen molar-refractivity contribution in [1.29, 1.82) is 0 Å². The van der Waals surface area contributed by atoms with E-state index in [1.165, 1.54) is 0 Å². The van der Waals surface area contributed by atoms with Gasteiger partial charge in [0.1, 0.15) is 23.0 Å². The second-order valence-electron chi connectivity index (χ2n) is 14.2. The molecule has 0 fully saturated rings. The third-order valence-corrected chi connectivity index (χ3v) is 10.3. The van der Waals surface area contributed by atoms with Crippen molar-refractivity contribution in [3.05, 3.63) is 153 Å². The molecule has 0 atom stereocenters. The number of aromatic hydroxyl groups is 4. The van der Waals surface area contributed by atoms with Gasteiger partial charge in [-0.25, -0.2) is 4.79 Å². The van der Waals surface area contributed by atoms with Gasteiger partial charge in [-0.15, -0.1) is 0 Å². The van der Waals surface area contributed by atoms with Gasteiger partial charge in [0, 0.05) is 53.2 Å². The number of cyclic esters (lactones) is 1. The fourth-order valence-electron chi connectivity index (χ4n) is 6.91. The van der Waals surface area contributed by atoms with Crippen LogP contribution in [-0.2, 0) is 30.1 Å². The van der Waals surface area contributed by atoms with E-state index in [4.69, 9.17) is 14.6 Å². The van der Waals surface area contributed by atoms with Crippen molar-refractivity contribution in [3.8, 4) is 23.0 Å². The summed E-state index contributed by atoms with van der Waals surface area (Å²) in [7, 11) is 0. The number of carboxylic acids is 1. The van der Waals surface area contributed by atoms with Crippen molar-refractivity contribution in [2.24, 2.45) is 0 Å². The molecule has 5 N–H and O–H groups in total. The Labute approximate surface area is 357 Å². The third kappa shape index (κ3) is 10.0. The number of fused-ring (bicyclic) bond motifs is 1. The number of carbonyl (C=O) groups is 3. The van der Waals surface area contributed by atoms with Crippen LogP contribution in [0, 0.1) is 58.8 Å². The van der Waals surface area contributed by atoms with Crippen LogP contribution in [0.1, 0.15) is 100 Å². The maximum atomic E-state index is 12.6. The van der Waals surface area contributed by atoms with E-state index in [9.17, 15) is 34.8 Å². The van der Waals surface area contributed by atoms with Gasteiger partial charge < -0.3 is 35.0 Å². The number of aryl methyl sites for hydroxylation is 4. The monoisotopic (exact) mass is 1000 g/mol. The molecule has 5 aromatic rings. The van der Waals surface area contributed by atoms with Crippen molar-refractivity contribution in [2.75, 3.05) is 6.61 Å². The van der Waals surface area contributed by atoms with Crippen LogP contribution in [-0.4, -0.2) is 50.0 Å². The molecule has 1 aliphatic rings. The van der Waals surface area contributed by atoms with Crippen LogP contribution in [0.4, 0.5) is 0 Å². The van der Waals surface area contributed by atoms with Gasteiger partial charge >= 0.3 is 17.9 Å². The van der Waals surface area contributed by atoms with Gasteiger partial charge in [-0.3, -0.25) is 9.59 Å². The second kappa shape index (κ2) is 19.3. The van der Waals surface area contributed by atoms with E-state index in [1.54, 1.807) is 62.4 Å². The predicted molar refractivity (Wildman–Crippen MR) is 213 cm³/mol. The molecule has 1 aliphatic heterocycles. The zero-order chi connectivity index (χ0) is 40.1. The molecule has 0 aromatic heterocycles. The van der Waals surface area contributed by atoms with Gasteiger partial charge in [-0.2, -0.15) is 0 Å². The topological polar surface area (TPSA) is 171 Å². The van der Waals surface area contributed by atoms with Crippen molar-refractivity contribution < 1.29 is 80.5 Å². The molecule has 0 unspecified atom stereocenters. The van der Waals surface area contributed by atoms with E-state index >= 15 is 0 Å². The van der Waals surface area contributed by atoms with Gasteiger partial charge in [0.2, 0.25) is 0 Å². The number of aliphatic carboxylic acids is 1. The molecular weight excluding hydrogens is 951 g/mol. The van der Waals surface area contributed by atoms with Gasteiger partial charge in [0.05, 0.1) is 25.0 Å². The first-order valence-electron chi connectivity index (χ1n) is 18.0. The fraction of sp³-hybridized carbons (Fsp3) is 0.283. The van der Waals surface area contributed by atoms with Crippen LogP contribution in [0.3, 0.4) is 0 Å². The SMILES string of the molecule is C.Cc1cc(C(C)(CCCOC(=O)CCC(=O)O)c2ccc(O)c(C)c2)ccc1O.Cc1cc(C2(c3ccc(O)c(C)c3)OC(=O)c3ccccc32)ccc1O.[U]. The second-order valence-corrected chi connectivity index (χ2v) is 14.2. The van der Waals surface area contributed by atoms with Gasteiger partial charge in [-0.05, 0) is 116 Å². The molecule has 11 heteroatoms. The number of phenols is 4. The van der Waals surface area contributed by atoms with E-state index < -0.39 is 28.9 Å². The summed E-state index contributed by atoms with van der Waals surface area (Å²) in [4.78, 5) is 34.8. The number of ether oxygens (including phenoxy) is 2. The molecule has 0 spiro atoms. The van der Waals surface area contributed by atoms with E-state index in [0.29, 0.717) is 29.5 Å². The van der Waals surface area contributed by atoms with E-state index in [0.717, 1.165) is 38.9 Å². The summed E-state index contributed by atoms with van der Waals surface area (Å²) in [5.74, 6) is -1.12. The smallest absolute Gasteiger partial charge is 0.340 e. The molecule has 5 aromatic carbocycles. The number of hydrogen-bond acceptors (Lipinski definition) is 9. The van der Waals surface area contributed by atoms with Crippen molar-refractivity contribution >= 4 is 17.9 Å². The number of phenolic OH excluding ortho intramolecular Hbond substituents is 4. The minimum absolute atomic E-state index is 0. The number of benzene rings is 5. The van der Waals surface area contributed by atoms with Crippen molar-refractivity contribution in [3.63, 3.8) is 0 Å². The molecule has 10 nitrogen and oxygen atoms in total. The van der Waals surface area contributed by atoms with Crippen LogP contribution in [0.25, 0.3) is 0 Å². The van der Waals surface area contributed by atoms with Gasteiger partial charge in [-0.1, -0.05) is 68.9 Å². The zero-order valence-corrected chi connectivity index (χ0v) is 36.2. The summed E-state index contributed by atoms with van der Waals surface area (Å²) in [6, 6.07) is 28.7.